The van der Waals surface area contributed by atoms with Gasteiger partial charge in [0.05, 0.1) is 0 Å². The molecule has 5 nitrogen and oxygen atoms in total. The Morgan fingerprint density at radius 1 is 1.41 bits per heavy atom. The Labute approximate surface area is 98.1 Å². The van der Waals surface area contributed by atoms with E-state index in [-0.39, 0.29) is 17.6 Å². The lowest BCUT2D eigenvalue weighted by molar-refractivity contribution is -0.132. The molecular formula is C12H13N2O3+. The highest BCUT2D eigenvalue weighted by Crippen LogP contribution is 2.23. The van der Waals surface area contributed by atoms with Gasteiger partial charge in [-0.05, 0) is 18.7 Å². The fraction of sp³-hybridized carbons (Fsp3) is 0.167. The summed E-state index contributed by atoms with van der Waals surface area (Å²) in [5.41, 5.74) is 0.417. The van der Waals surface area contributed by atoms with E-state index in [1.54, 1.807) is 30.3 Å². The highest BCUT2D eigenvalue weighted by molar-refractivity contribution is 6.07. The van der Waals surface area contributed by atoms with Crippen molar-refractivity contribution in [3.8, 4) is 5.75 Å². The minimum Gasteiger partial charge on any atom is -0.592 e. The molecule has 2 rings (SSSR count). The monoisotopic (exact) mass is 233 g/mol. The predicted molar refractivity (Wildman–Crippen MR) is 63.5 cm³/mol. The number of anilines is 1. The van der Waals surface area contributed by atoms with Crippen molar-refractivity contribution >= 4 is 17.5 Å². The topological polar surface area (TPSA) is 81.1 Å². The molecule has 0 saturated heterocycles. The van der Waals surface area contributed by atoms with Crippen LogP contribution in [0.2, 0.25) is 0 Å². The highest BCUT2D eigenvalue weighted by atomic mass is 16.3. The molecule has 0 aromatic heterocycles. The first-order valence-electron chi connectivity index (χ1n) is 5.25. The van der Waals surface area contributed by atoms with Crippen molar-refractivity contribution in [2.45, 2.75) is 6.42 Å². The van der Waals surface area contributed by atoms with E-state index in [0.29, 0.717) is 12.1 Å². The zero-order chi connectivity index (χ0) is 12.3. The van der Waals surface area contributed by atoms with Gasteiger partial charge in [-0.3, -0.25) is 9.59 Å². The van der Waals surface area contributed by atoms with Gasteiger partial charge in [0.15, 0.2) is 0 Å². The van der Waals surface area contributed by atoms with Crippen molar-refractivity contribution in [2.75, 3.05) is 5.32 Å². The van der Waals surface area contributed by atoms with Crippen LogP contribution < -0.4 is 10.6 Å². The molecule has 1 aromatic carbocycles. The van der Waals surface area contributed by atoms with E-state index < -0.39 is 5.92 Å². The van der Waals surface area contributed by atoms with E-state index in [4.69, 9.17) is 5.11 Å². The molecule has 0 aliphatic carbocycles. The summed E-state index contributed by atoms with van der Waals surface area (Å²) in [7, 11) is 0. The van der Waals surface area contributed by atoms with Crippen LogP contribution in [0.4, 0.5) is 5.69 Å². The standard InChI is InChI=1S/C12H12N2O3/c15-10-6-2-1-5-9(10)14-12(17)8-4-3-7-13-11(8)16/h1-3,5-8,15H,4H2,(H,13,16)(H,14,17)/p+1. The lowest BCUT2D eigenvalue weighted by Gasteiger charge is -2.16. The van der Waals surface area contributed by atoms with E-state index in [0.717, 1.165) is 0 Å². The van der Waals surface area contributed by atoms with Crippen LogP contribution in [0.3, 0.4) is 0 Å². The first-order chi connectivity index (χ1) is 8.18. The number of hydrogen-bond donors (Lipinski definition) is 2. The Bertz CT molecular complexity index is 482. The number of allylic oxidation sites excluding steroid dienone is 1. The van der Waals surface area contributed by atoms with Crippen LogP contribution >= 0.6 is 0 Å². The van der Waals surface area contributed by atoms with Crippen LogP contribution in [0.5, 0.6) is 5.75 Å². The lowest BCUT2D eigenvalue weighted by Crippen LogP contribution is -2.37. The first kappa shape index (κ1) is 11.2. The number of benzene rings is 1. The average Bonchev–Trinajstić information content (AvgIpc) is 2.32. The number of para-hydroxylation sites is 2. The summed E-state index contributed by atoms with van der Waals surface area (Å²) in [4.78, 5) is 23.3. The van der Waals surface area contributed by atoms with Crippen molar-refractivity contribution in [3.63, 3.8) is 0 Å². The summed E-state index contributed by atoms with van der Waals surface area (Å²) < 4.78 is 0. The maximum atomic E-state index is 11.8. The molecule has 1 atom stereocenters. The number of rotatable bonds is 2. The van der Waals surface area contributed by atoms with Crippen LogP contribution in [0.25, 0.3) is 0 Å². The number of carbonyl (C=O) groups excluding carboxylic acids is 2. The van der Waals surface area contributed by atoms with Gasteiger partial charge in [-0.2, -0.15) is 0 Å². The number of carbonyl (C=O) groups is 2. The smallest absolute Gasteiger partial charge is 0.277 e. The maximum absolute atomic E-state index is 11.8. The summed E-state index contributed by atoms with van der Waals surface area (Å²) in [5, 5.41) is 12.7. The van der Waals surface area contributed by atoms with E-state index >= 15 is 0 Å². The predicted octanol–water partition coefficient (Wildman–Crippen LogP) is 0.713. The van der Waals surface area contributed by atoms with Gasteiger partial charge in [0, 0.05) is 6.07 Å². The molecule has 1 heterocycles. The molecule has 1 aliphatic rings. The first-order valence-corrected chi connectivity index (χ1v) is 5.25. The quantitative estimate of drug-likeness (QED) is 0.582. The summed E-state index contributed by atoms with van der Waals surface area (Å²) >= 11 is 0. The number of amides is 2. The average molecular weight is 233 g/mol. The van der Waals surface area contributed by atoms with Gasteiger partial charge in [0.2, 0.25) is 11.8 Å². The molecule has 0 saturated carbocycles. The van der Waals surface area contributed by atoms with Gasteiger partial charge < -0.3 is 15.7 Å². The zero-order valence-electron chi connectivity index (χ0n) is 9.07. The van der Waals surface area contributed by atoms with Gasteiger partial charge in [0.1, 0.15) is 11.6 Å². The van der Waals surface area contributed by atoms with E-state index in [2.05, 4.69) is 10.6 Å². The van der Waals surface area contributed by atoms with Gasteiger partial charge in [-0.1, -0.05) is 18.2 Å². The van der Waals surface area contributed by atoms with Crippen molar-refractivity contribution in [2.24, 2.45) is 5.92 Å². The third-order valence-electron chi connectivity index (χ3n) is 2.53. The molecule has 0 bridgehead atoms. The second-order valence-corrected chi connectivity index (χ2v) is 3.73. The van der Waals surface area contributed by atoms with Gasteiger partial charge in [0.25, 0.3) is 5.75 Å². The molecule has 0 spiro atoms. The van der Waals surface area contributed by atoms with Gasteiger partial charge >= 0.3 is 0 Å². The summed E-state index contributed by atoms with van der Waals surface area (Å²) in [6.07, 6.45) is 3.65. The van der Waals surface area contributed by atoms with Crippen molar-refractivity contribution in [1.82, 2.24) is 5.32 Å². The third kappa shape index (κ3) is 2.44. The maximum Gasteiger partial charge on any atom is 0.277 e. The Morgan fingerprint density at radius 2 is 2.18 bits per heavy atom. The van der Waals surface area contributed by atoms with E-state index in [9.17, 15) is 9.59 Å². The summed E-state index contributed by atoms with van der Waals surface area (Å²) in [6.45, 7) is 0. The molecule has 17 heavy (non-hydrogen) atoms. The molecule has 88 valence electrons. The second kappa shape index (κ2) is 4.69. The zero-order valence-corrected chi connectivity index (χ0v) is 9.07. The van der Waals surface area contributed by atoms with Crippen LogP contribution in [0.1, 0.15) is 6.42 Å². The van der Waals surface area contributed by atoms with Gasteiger partial charge in [-0.15, -0.1) is 0 Å². The van der Waals surface area contributed by atoms with Crippen LogP contribution in [-0.2, 0) is 9.59 Å². The minimum atomic E-state index is -0.723. The van der Waals surface area contributed by atoms with Crippen molar-refractivity contribution in [3.05, 3.63) is 36.5 Å². The molecule has 5 heteroatoms. The molecule has 0 radical (unpaired) electrons. The number of nitrogens with one attached hydrogen (secondary N) is 2. The highest BCUT2D eigenvalue weighted by Gasteiger charge is 2.27. The number of hydrogen-bond acceptors (Lipinski definition) is 2. The third-order valence-corrected chi connectivity index (χ3v) is 2.53. The molecule has 1 aliphatic heterocycles. The van der Waals surface area contributed by atoms with Crippen molar-refractivity contribution < 1.29 is 14.7 Å². The SMILES string of the molecule is O=C1NC=CCC1C(=O)Nc1ccccc1[OH2+]. The molecule has 1 unspecified atom stereocenters. The lowest BCUT2D eigenvalue weighted by atomic mass is 10.0. The molecule has 1 aromatic rings. The van der Waals surface area contributed by atoms with Gasteiger partial charge in [-0.25, -0.2) is 0 Å². The summed E-state index contributed by atoms with van der Waals surface area (Å²) in [5.74, 6) is -1.19. The Morgan fingerprint density at radius 3 is 2.88 bits per heavy atom. The molecule has 2 amide bonds. The van der Waals surface area contributed by atoms with Crippen LogP contribution in [-0.4, -0.2) is 16.9 Å². The normalized spacial score (nSPS) is 18.6. The Kier molecular flexibility index (Phi) is 3.09. The molecule has 4 N–H and O–H groups in total. The van der Waals surface area contributed by atoms with Crippen LogP contribution in [0, 0.1) is 5.92 Å². The van der Waals surface area contributed by atoms with Crippen molar-refractivity contribution in [1.29, 1.82) is 0 Å². The minimum absolute atomic E-state index is 0.229. The molecule has 0 fully saturated rings. The Hall–Kier alpha value is -2.30. The fourth-order valence-corrected chi connectivity index (χ4v) is 1.59. The summed E-state index contributed by atoms with van der Waals surface area (Å²) in [6, 6.07) is 6.66. The second-order valence-electron chi connectivity index (χ2n) is 3.73. The Balaban J connectivity index is 2.09. The van der Waals surface area contributed by atoms with E-state index in [1.165, 1.54) is 6.20 Å². The largest absolute Gasteiger partial charge is 0.592 e. The van der Waals surface area contributed by atoms with E-state index in [1.807, 2.05) is 0 Å². The molecular weight excluding hydrogens is 220 g/mol. The fourth-order valence-electron chi connectivity index (χ4n) is 1.59. The van der Waals surface area contributed by atoms with Crippen LogP contribution in [0.15, 0.2) is 36.5 Å².